The Labute approximate surface area is 222 Å². The standard InChI is InChI=1S/C29H23ClN4O4/c1-38-18-6-4-5-17(13-18)34-26(35)24-23(11-15-14-31-21-8-3-2-7-19(15)21)33-29(25(24)27(34)36)20-12-16(30)9-10-22(20)32-28(29)37/h2-10,12-14,23-25,31,33H,11H2,1H3,(H,32,37)/t23-,24-,25+,29+/m1/s1. The molecule has 3 aliphatic rings. The fourth-order valence-electron chi connectivity index (χ4n) is 6.49. The Morgan fingerprint density at radius 1 is 1.00 bits per heavy atom. The van der Waals surface area contributed by atoms with Gasteiger partial charge in [0.05, 0.1) is 24.6 Å². The van der Waals surface area contributed by atoms with Gasteiger partial charge in [-0.15, -0.1) is 0 Å². The number of ether oxygens (including phenoxy) is 1. The van der Waals surface area contributed by atoms with Crippen LogP contribution < -0.4 is 20.3 Å². The lowest BCUT2D eigenvalue weighted by atomic mass is 9.76. The van der Waals surface area contributed by atoms with Gasteiger partial charge in [0.15, 0.2) is 0 Å². The lowest BCUT2D eigenvalue weighted by Crippen LogP contribution is -2.53. The molecule has 8 nitrogen and oxygen atoms in total. The van der Waals surface area contributed by atoms with Crippen LogP contribution in [-0.4, -0.2) is 35.9 Å². The number of nitrogens with zero attached hydrogens (tertiary/aromatic N) is 1. The van der Waals surface area contributed by atoms with Gasteiger partial charge in [-0.3, -0.25) is 19.7 Å². The van der Waals surface area contributed by atoms with Crippen molar-refractivity contribution in [2.45, 2.75) is 18.0 Å². The lowest BCUT2D eigenvalue weighted by Gasteiger charge is -2.29. The molecule has 2 fully saturated rings. The second kappa shape index (κ2) is 8.18. The zero-order valence-corrected chi connectivity index (χ0v) is 21.1. The molecular formula is C29H23ClN4O4. The molecule has 7 rings (SSSR count). The molecule has 0 unspecified atom stereocenters. The molecule has 4 atom stereocenters. The zero-order chi connectivity index (χ0) is 26.2. The number of para-hydroxylation sites is 1. The summed E-state index contributed by atoms with van der Waals surface area (Å²) < 4.78 is 5.34. The number of imide groups is 1. The smallest absolute Gasteiger partial charge is 0.250 e. The van der Waals surface area contributed by atoms with Crippen LogP contribution in [0.4, 0.5) is 11.4 Å². The number of anilines is 2. The van der Waals surface area contributed by atoms with Crippen molar-refractivity contribution in [2.24, 2.45) is 11.8 Å². The van der Waals surface area contributed by atoms with Crippen molar-refractivity contribution in [1.29, 1.82) is 0 Å². The number of nitrogens with one attached hydrogen (secondary N) is 3. The monoisotopic (exact) mass is 526 g/mol. The average Bonchev–Trinajstić information content (AvgIpc) is 3.63. The van der Waals surface area contributed by atoms with Crippen LogP contribution in [0.15, 0.2) is 72.9 Å². The zero-order valence-electron chi connectivity index (χ0n) is 20.3. The molecule has 1 spiro atoms. The second-order valence-electron chi connectivity index (χ2n) is 9.98. The highest BCUT2D eigenvalue weighted by molar-refractivity contribution is 6.31. The van der Waals surface area contributed by atoms with E-state index >= 15 is 0 Å². The summed E-state index contributed by atoms with van der Waals surface area (Å²) in [7, 11) is 1.53. The number of carbonyl (C=O) groups excluding carboxylic acids is 3. The summed E-state index contributed by atoms with van der Waals surface area (Å²) >= 11 is 6.37. The molecule has 4 heterocycles. The highest BCUT2D eigenvalue weighted by Gasteiger charge is 2.70. The Morgan fingerprint density at radius 3 is 2.68 bits per heavy atom. The molecule has 2 saturated heterocycles. The van der Waals surface area contributed by atoms with Crippen molar-refractivity contribution < 1.29 is 19.1 Å². The maximum atomic E-state index is 14.2. The fraction of sp³-hybridized carbons (Fsp3) is 0.207. The maximum Gasteiger partial charge on any atom is 0.250 e. The number of hydrogen-bond donors (Lipinski definition) is 3. The number of aromatic nitrogens is 1. The predicted octanol–water partition coefficient (Wildman–Crippen LogP) is 4.00. The molecule has 0 radical (unpaired) electrons. The molecule has 9 heteroatoms. The molecule has 3 N–H and O–H groups in total. The molecule has 1 aromatic heterocycles. The molecule has 0 bridgehead atoms. The molecule has 4 aromatic rings. The van der Waals surface area contributed by atoms with E-state index in [0.717, 1.165) is 16.5 Å². The van der Waals surface area contributed by atoms with Crippen LogP contribution in [0.5, 0.6) is 5.75 Å². The number of halogens is 1. The van der Waals surface area contributed by atoms with Gasteiger partial charge in [0.1, 0.15) is 11.3 Å². The fourth-order valence-corrected chi connectivity index (χ4v) is 6.66. The summed E-state index contributed by atoms with van der Waals surface area (Å²) in [6.07, 6.45) is 2.37. The van der Waals surface area contributed by atoms with Crippen molar-refractivity contribution in [3.8, 4) is 5.75 Å². The SMILES string of the molecule is COc1cccc(N2C(=O)[C@H]3[C@@H](C2=O)[C@]2(N[C@@H]3Cc3c[nH]c4ccccc34)C(=O)Nc3ccc(Cl)cc32)c1. The Bertz CT molecular complexity index is 1670. The quantitative estimate of drug-likeness (QED) is 0.349. The number of carbonyl (C=O) groups is 3. The van der Waals surface area contributed by atoms with Gasteiger partial charge in [-0.25, -0.2) is 4.90 Å². The molecule has 3 aromatic carbocycles. The van der Waals surface area contributed by atoms with Crippen molar-refractivity contribution in [3.63, 3.8) is 0 Å². The van der Waals surface area contributed by atoms with E-state index in [2.05, 4.69) is 15.6 Å². The van der Waals surface area contributed by atoms with Crippen molar-refractivity contribution >= 4 is 51.6 Å². The maximum absolute atomic E-state index is 14.2. The Morgan fingerprint density at radius 2 is 1.84 bits per heavy atom. The second-order valence-corrected chi connectivity index (χ2v) is 10.4. The first-order valence-corrected chi connectivity index (χ1v) is 12.8. The molecule has 3 amide bonds. The van der Waals surface area contributed by atoms with E-state index in [0.29, 0.717) is 34.1 Å². The summed E-state index contributed by atoms with van der Waals surface area (Å²) in [6.45, 7) is 0. The largest absolute Gasteiger partial charge is 0.497 e. The van der Waals surface area contributed by atoms with Crippen LogP contribution in [0.3, 0.4) is 0 Å². The van der Waals surface area contributed by atoms with E-state index in [1.54, 1.807) is 42.5 Å². The number of methoxy groups -OCH3 is 1. The topological polar surface area (TPSA) is 104 Å². The number of rotatable bonds is 4. The van der Waals surface area contributed by atoms with Gasteiger partial charge in [-0.2, -0.15) is 0 Å². The summed E-state index contributed by atoms with van der Waals surface area (Å²) in [6, 6.07) is 19.4. The number of fused-ring (bicyclic) bond motifs is 5. The lowest BCUT2D eigenvalue weighted by molar-refractivity contribution is -0.130. The van der Waals surface area contributed by atoms with Crippen LogP contribution in [-0.2, 0) is 26.3 Å². The van der Waals surface area contributed by atoms with Gasteiger partial charge in [0.25, 0.3) is 0 Å². The minimum absolute atomic E-state index is 0.342. The van der Waals surface area contributed by atoms with E-state index < -0.39 is 29.3 Å². The van der Waals surface area contributed by atoms with Gasteiger partial charge >= 0.3 is 0 Å². The minimum atomic E-state index is -1.43. The first-order valence-electron chi connectivity index (χ1n) is 12.4. The van der Waals surface area contributed by atoms with E-state index in [-0.39, 0.29) is 11.8 Å². The highest BCUT2D eigenvalue weighted by Crippen LogP contribution is 2.54. The molecule has 0 aliphatic carbocycles. The molecular weight excluding hydrogens is 504 g/mol. The van der Waals surface area contributed by atoms with Crippen LogP contribution in [0, 0.1) is 11.8 Å². The summed E-state index contributed by atoms with van der Waals surface area (Å²) in [5.41, 5.74) is 2.13. The van der Waals surface area contributed by atoms with Crippen LogP contribution in [0.1, 0.15) is 11.1 Å². The number of amides is 3. The van der Waals surface area contributed by atoms with E-state index in [4.69, 9.17) is 16.3 Å². The van der Waals surface area contributed by atoms with Gasteiger partial charge in [0, 0.05) is 45.5 Å². The number of hydrogen-bond acceptors (Lipinski definition) is 5. The van der Waals surface area contributed by atoms with Gasteiger partial charge in [0.2, 0.25) is 17.7 Å². The first-order chi connectivity index (χ1) is 18.4. The molecule has 0 saturated carbocycles. The highest BCUT2D eigenvalue weighted by atomic mass is 35.5. The molecule has 38 heavy (non-hydrogen) atoms. The third-order valence-electron chi connectivity index (χ3n) is 8.10. The van der Waals surface area contributed by atoms with Crippen molar-refractivity contribution in [1.82, 2.24) is 10.3 Å². The minimum Gasteiger partial charge on any atom is -0.497 e. The number of benzene rings is 3. The third-order valence-corrected chi connectivity index (χ3v) is 8.34. The number of aromatic amines is 1. The van der Waals surface area contributed by atoms with E-state index in [1.807, 2.05) is 30.5 Å². The van der Waals surface area contributed by atoms with Crippen molar-refractivity contribution in [2.75, 3.05) is 17.3 Å². The molecule has 3 aliphatic heterocycles. The molecule has 190 valence electrons. The van der Waals surface area contributed by atoms with Gasteiger partial charge < -0.3 is 15.0 Å². The summed E-state index contributed by atoms with van der Waals surface area (Å²) in [5, 5.41) is 7.88. The summed E-state index contributed by atoms with van der Waals surface area (Å²) in [4.78, 5) is 46.5. The van der Waals surface area contributed by atoms with Gasteiger partial charge in [-0.05, 0) is 48.4 Å². The van der Waals surface area contributed by atoms with Crippen LogP contribution in [0.2, 0.25) is 5.02 Å². The average molecular weight is 527 g/mol. The van der Waals surface area contributed by atoms with Gasteiger partial charge in [-0.1, -0.05) is 35.9 Å². The first kappa shape index (κ1) is 23.0. The van der Waals surface area contributed by atoms with Crippen molar-refractivity contribution in [3.05, 3.63) is 89.1 Å². The third kappa shape index (κ3) is 3.04. The van der Waals surface area contributed by atoms with Crippen LogP contribution in [0.25, 0.3) is 10.9 Å². The summed E-state index contributed by atoms with van der Waals surface area (Å²) in [5.74, 6) is -2.32. The van der Waals surface area contributed by atoms with E-state index in [9.17, 15) is 14.4 Å². The normalized spacial score (nSPS) is 25.8. The Hall–Kier alpha value is -4.14. The van der Waals surface area contributed by atoms with Crippen LogP contribution >= 0.6 is 11.6 Å². The Kier molecular flexibility index (Phi) is 4.95. The predicted molar refractivity (Wildman–Crippen MR) is 143 cm³/mol. The Balaban J connectivity index is 1.38. The number of H-pyrrole nitrogens is 1. The van der Waals surface area contributed by atoms with E-state index in [1.165, 1.54) is 12.0 Å².